The van der Waals surface area contributed by atoms with Gasteiger partial charge in [0.15, 0.2) is 6.10 Å². The molecule has 1 amide bonds. The predicted molar refractivity (Wildman–Crippen MR) is 112 cm³/mol. The number of nitrogens with one attached hydrogen (secondary N) is 1. The summed E-state index contributed by atoms with van der Waals surface area (Å²) in [6.45, 7) is 2.73. The molecular formula is C23H23N3O4. The minimum absolute atomic E-state index is 0.0295. The molecule has 0 bridgehead atoms. The van der Waals surface area contributed by atoms with Crippen molar-refractivity contribution in [3.63, 3.8) is 0 Å². The summed E-state index contributed by atoms with van der Waals surface area (Å²) in [6.07, 6.45) is 0.203. The summed E-state index contributed by atoms with van der Waals surface area (Å²) in [5.74, 6) is -0.276. The van der Waals surface area contributed by atoms with Crippen molar-refractivity contribution in [1.82, 2.24) is 14.9 Å². The van der Waals surface area contributed by atoms with Crippen LogP contribution in [0.15, 0.2) is 53.3 Å². The van der Waals surface area contributed by atoms with Crippen molar-refractivity contribution in [3.8, 4) is 0 Å². The molecule has 7 nitrogen and oxygen atoms in total. The first-order valence-electron chi connectivity index (χ1n) is 10.0. The number of nitrogens with zero attached hydrogens (tertiary/aromatic N) is 2. The number of carbonyl (C=O) groups is 2. The second kappa shape index (κ2) is 8.49. The number of benzene rings is 2. The van der Waals surface area contributed by atoms with Gasteiger partial charge in [0.25, 0.3) is 11.5 Å². The lowest BCUT2D eigenvalue weighted by Crippen LogP contribution is -2.42. The van der Waals surface area contributed by atoms with E-state index in [1.54, 1.807) is 36.1 Å². The SMILES string of the molecule is CC(OC(=O)CCc1nc2ccccc2c(=O)[nH]1)C(=O)N1CCc2ccccc2C1. The molecular weight excluding hydrogens is 382 g/mol. The van der Waals surface area contributed by atoms with Gasteiger partial charge in [-0.25, -0.2) is 4.98 Å². The van der Waals surface area contributed by atoms with Gasteiger partial charge in [-0.05, 0) is 36.6 Å². The topological polar surface area (TPSA) is 92.4 Å². The zero-order chi connectivity index (χ0) is 21.1. The number of rotatable bonds is 5. The molecule has 1 unspecified atom stereocenters. The largest absolute Gasteiger partial charge is 0.453 e. The molecule has 0 saturated carbocycles. The Morgan fingerprint density at radius 3 is 2.70 bits per heavy atom. The standard InChI is InChI=1S/C23H23N3O4/c1-15(23(29)26-13-12-16-6-2-3-7-17(16)14-26)30-21(27)11-10-20-24-19-9-5-4-8-18(19)22(28)25-20/h2-9,15H,10-14H2,1H3,(H,24,25,28). The fourth-order valence-electron chi connectivity index (χ4n) is 3.72. The second-order valence-corrected chi connectivity index (χ2v) is 7.44. The Morgan fingerprint density at radius 2 is 1.87 bits per heavy atom. The van der Waals surface area contributed by atoms with E-state index in [9.17, 15) is 14.4 Å². The highest BCUT2D eigenvalue weighted by Crippen LogP contribution is 2.19. The smallest absolute Gasteiger partial charge is 0.307 e. The first-order valence-corrected chi connectivity index (χ1v) is 10.0. The molecule has 30 heavy (non-hydrogen) atoms. The zero-order valence-electron chi connectivity index (χ0n) is 16.8. The number of aromatic amines is 1. The maximum Gasteiger partial charge on any atom is 0.307 e. The van der Waals surface area contributed by atoms with Crippen molar-refractivity contribution < 1.29 is 14.3 Å². The number of hydrogen-bond donors (Lipinski definition) is 1. The molecule has 1 aromatic heterocycles. The molecule has 1 atom stereocenters. The van der Waals surface area contributed by atoms with E-state index in [2.05, 4.69) is 16.0 Å². The van der Waals surface area contributed by atoms with Crippen LogP contribution in [0.4, 0.5) is 0 Å². The number of hydrogen-bond acceptors (Lipinski definition) is 5. The van der Waals surface area contributed by atoms with Crippen molar-refractivity contribution in [2.24, 2.45) is 0 Å². The maximum atomic E-state index is 12.7. The summed E-state index contributed by atoms with van der Waals surface area (Å²) in [5.41, 5.74) is 2.72. The van der Waals surface area contributed by atoms with Gasteiger partial charge in [-0.3, -0.25) is 14.4 Å². The number of aromatic nitrogens is 2. The van der Waals surface area contributed by atoms with Gasteiger partial charge < -0.3 is 14.6 Å². The van der Waals surface area contributed by atoms with E-state index in [-0.39, 0.29) is 24.3 Å². The molecule has 2 heterocycles. The van der Waals surface area contributed by atoms with Gasteiger partial charge in [-0.1, -0.05) is 36.4 Å². The molecule has 1 aliphatic rings. The fourth-order valence-corrected chi connectivity index (χ4v) is 3.72. The van der Waals surface area contributed by atoms with Crippen molar-refractivity contribution in [1.29, 1.82) is 0 Å². The third-order valence-electron chi connectivity index (χ3n) is 5.33. The highest BCUT2D eigenvalue weighted by atomic mass is 16.5. The van der Waals surface area contributed by atoms with Crippen molar-refractivity contribution >= 4 is 22.8 Å². The number of carbonyl (C=O) groups excluding carboxylic acids is 2. The number of amides is 1. The van der Waals surface area contributed by atoms with E-state index in [4.69, 9.17) is 4.74 Å². The van der Waals surface area contributed by atoms with Crippen LogP contribution in [0.2, 0.25) is 0 Å². The third-order valence-corrected chi connectivity index (χ3v) is 5.33. The van der Waals surface area contributed by atoms with Gasteiger partial charge >= 0.3 is 5.97 Å². The molecule has 1 aliphatic heterocycles. The predicted octanol–water partition coefficient (Wildman–Crippen LogP) is 2.37. The lowest BCUT2D eigenvalue weighted by molar-refractivity contribution is -0.159. The first kappa shape index (κ1) is 19.8. The minimum Gasteiger partial charge on any atom is -0.453 e. The van der Waals surface area contributed by atoms with Gasteiger partial charge in [0.05, 0.1) is 17.3 Å². The van der Waals surface area contributed by atoms with Crippen LogP contribution in [0.5, 0.6) is 0 Å². The highest BCUT2D eigenvalue weighted by molar-refractivity contribution is 5.83. The summed E-state index contributed by atoms with van der Waals surface area (Å²) in [5, 5.41) is 0.506. The van der Waals surface area contributed by atoms with Crippen LogP contribution in [0, 0.1) is 0 Å². The van der Waals surface area contributed by atoms with Gasteiger partial charge in [0.1, 0.15) is 5.82 Å². The summed E-state index contributed by atoms with van der Waals surface area (Å²) >= 11 is 0. The van der Waals surface area contributed by atoms with Crippen molar-refractivity contribution in [2.75, 3.05) is 6.54 Å². The molecule has 154 valence electrons. The molecule has 0 spiro atoms. The van der Waals surface area contributed by atoms with Crippen LogP contribution in [0.3, 0.4) is 0 Å². The average molecular weight is 405 g/mol. The zero-order valence-corrected chi connectivity index (χ0v) is 16.8. The number of para-hydroxylation sites is 1. The Labute approximate surface area is 173 Å². The Bertz CT molecular complexity index is 1150. The summed E-state index contributed by atoms with van der Waals surface area (Å²) in [4.78, 5) is 45.9. The Balaban J connectivity index is 1.33. The summed E-state index contributed by atoms with van der Waals surface area (Å²) < 4.78 is 5.34. The second-order valence-electron chi connectivity index (χ2n) is 7.44. The number of fused-ring (bicyclic) bond motifs is 2. The van der Waals surface area contributed by atoms with Gasteiger partial charge in [0.2, 0.25) is 0 Å². The first-order chi connectivity index (χ1) is 14.5. The van der Waals surface area contributed by atoms with E-state index in [1.165, 1.54) is 5.56 Å². The van der Waals surface area contributed by atoms with Crippen LogP contribution in [-0.4, -0.2) is 39.4 Å². The highest BCUT2D eigenvalue weighted by Gasteiger charge is 2.26. The minimum atomic E-state index is -0.855. The van der Waals surface area contributed by atoms with E-state index in [0.717, 1.165) is 12.0 Å². The monoisotopic (exact) mass is 405 g/mol. The average Bonchev–Trinajstić information content (AvgIpc) is 2.77. The Hall–Kier alpha value is -3.48. The molecule has 2 aromatic carbocycles. The molecule has 4 rings (SSSR count). The van der Waals surface area contributed by atoms with Crippen LogP contribution < -0.4 is 5.56 Å². The van der Waals surface area contributed by atoms with E-state index in [0.29, 0.717) is 29.8 Å². The number of aryl methyl sites for hydroxylation is 1. The van der Waals surface area contributed by atoms with E-state index < -0.39 is 12.1 Å². The quantitative estimate of drug-likeness (QED) is 0.658. The molecule has 1 N–H and O–H groups in total. The lowest BCUT2D eigenvalue weighted by Gasteiger charge is -2.30. The van der Waals surface area contributed by atoms with Gasteiger partial charge in [-0.15, -0.1) is 0 Å². The summed E-state index contributed by atoms with van der Waals surface area (Å²) in [7, 11) is 0. The molecule has 3 aromatic rings. The number of esters is 1. The molecule has 0 radical (unpaired) electrons. The number of H-pyrrole nitrogens is 1. The van der Waals surface area contributed by atoms with Crippen LogP contribution in [0.25, 0.3) is 10.9 Å². The normalized spacial score (nSPS) is 14.2. The Morgan fingerprint density at radius 1 is 1.13 bits per heavy atom. The number of ether oxygens (including phenoxy) is 1. The lowest BCUT2D eigenvalue weighted by atomic mass is 9.99. The van der Waals surface area contributed by atoms with E-state index >= 15 is 0 Å². The van der Waals surface area contributed by atoms with Crippen molar-refractivity contribution in [2.45, 2.75) is 38.8 Å². The van der Waals surface area contributed by atoms with Gasteiger partial charge in [-0.2, -0.15) is 0 Å². The van der Waals surface area contributed by atoms with Crippen LogP contribution in [-0.2, 0) is 33.7 Å². The Kier molecular flexibility index (Phi) is 5.61. The molecule has 7 heteroatoms. The summed E-state index contributed by atoms with van der Waals surface area (Å²) in [6, 6.07) is 15.1. The molecule has 0 aliphatic carbocycles. The van der Waals surface area contributed by atoms with E-state index in [1.807, 2.05) is 18.2 Å². The van der Waals surface area contributed by atoms with Crippen LogP contribution in [0.1, 0.15) is 30.3 Å². The third kappa shape index (κ3) is 4.25. The maximum absolute atomic E-state index is 12.7. The van der Waals surface area contributed by atoms with Crippen LogP contribution >= 0.6 is 0 Å². The van der Waals surface area contributed by atoms with Gasteiger partial charge in [0, 0.05) is 19.5 Å². The molecule has 0 fully saturated rings. The molecule has 0 saturated heterocycles. The fraction of sp³-hybridized carbons (Fsp3) is 0.304. The van der Waals surface area contributed by atoms with Crippen molar-refractivity contribution in [3.05, 3.63) is 75.8 Å².